The largest absolute Gasteiger partial charge is 0.332 e. The van der Waals surface area contributed by atoms with Gasteiger partial charge >= 0.3 is 0 Å². The molecule has 0 heterocycles. The highest BCUT2D eigenvalue weighted by Crippen LogP contribution is 2.20. The molecule has 6 heteroatoms. The van der Waals surface area contributed by atoms with Crippen LogP contribution in [0.2, 0.25) is 5.02 Å². The minimum Gasteiger partial charge on any atom is -0.332 e. The summed E-state index contributed by atoms with van der Waals surface area (Å²) in [5.41, 5.74) is 0.997. The van der Waals surface area contributed by atoms with E-state index in [1.54, 1.807) is 12.1 Å². The molecule has 2 aromatic rings. The fourth-order valence-corrected chi connectivity index (χ4v) is 2.68. The molecule has 3 N–H and O–H groups in total. The fourth-order valence-electron chi connectivity index (χ4n) is 2.51. The van der Waals surface area contributed by atoms with Crippen LogP contribution in [0.1, 0.15) is 25.5 Å². The summed E-state index contributed by atoms with van der Waals surface area (Å²) in [7, 11) is 0. The molecular weight excluding hydrogens is 334 g/mol. The lowest BCUT2D eigenvalue weighted by molar-refractivity contribution is -0.692. The van der Waals surface area contributed by atoms with Gasteiger partial charge in [-0.1, -0.05) is 37.6 Å². The van der Waals surface area contributed by atoms with E-state index in [9.17, 15) is 13.6 Å². The predicted molar refractivity (Wildman–Crippen MR) is 90.8 cm³/mol. The van der Waals surface area contributed by atoms with Crippen LogP contribution in [0.25, 0.3) is 0 Å². The molecule has 24 heavy (non-hydrogen) atoms. The van der Waals surface area contributed by atoms with Gasteiger partial charge in [-0.15, -0.1) is 0 Å². The number of anilines is 1. The van der Waals surface area contributed by atoms with Crippen LogP contribution in [0.15, 0.2) is 42.5 Å². The lowest BCUT2D eigenvalue weighted by Gasteiger charge is -2.19. The SMILES string of the molecule is CC(C)[C@@H]([NH2+]CC(=O)Nc1cc(Cl)ccc1F)c1ccc(F)cc1. The first kappa shape index (κ1) is 18.4. The first-order valence-corrected chi connectivity index (χ1v) is 8.08. The number of rotatable bonds is 6. The zero-order valence-electron chi connectivity index (χ0n) is 13.5. The van der Waals surface area contributed by atoms with Crippen LogP contribution in [-0.2, 0) is 4.79 Å². The zero-order chi connectivity index (χ0) is 17.7. The van der Waals surface area contributed by atoms with Crippen LogP contribution in [0.4, 0.5) is 14.5 Å². The molecule has 0 unspecified atom stereocenters. The summed E-state index contributed by atoms with van der Waals surface area (Å²) < 4.78 is 26.7. The molecular formula is C18H20ClF2N2O+. The number of amides is 1. The topological polar surface area (TPSA) is 45.7 Å². The molecule has 0 fully saturated rings. The Bertz CT molecular complexity index is 705. The van der Waals surface area contributed by atoms with Gasteiger partial charge in [-0.2, -0.15) is 0 Å². The Kier molecular flexibility index (Phi) is 6.29. The molecule has 0 aliphatic rings. The van der Waals surface area contributed by atoms with E-state index in [0.717, 1.165) is 5.56 Å². The average molecular weight is 354 g/mol. The predicted octanol–water partition coefficient (Wildman–Crippen LogP) is 3.52. The second kappa shape index (κ2) is 8.22. The van der Waals surface area contributed by atoms with Crippen LogP contribution >= 0.6 is 11.6 Å². The Hall–Kier alpha value is -1.98. The average Bonchev–Trinajstić information content (AvgIpc) is 2.52. The zero-order valence-corrected chi connectivity index (χ0v) is 14.3. The maximum absolute atomic E-state index is 13.6. The van der Waals surface area contributed by atoms with Crippen molar-refractivity contribution in [1.82, 2.24) is 0 Å². The number of carbonyl (C=O) groups excluding carboxylic acids is 1. The highest BCUT2D eigenvalue weighted by molar-refractivity contribution is 6.30. The summed E-state index contributed by atoms with van der Waals surface area (Å²) in [5.74, 6) is -0.919. The van der Waals surface area contributed by atoms with Crippen molar-refractivity contribution in [1.29, 1.82) is 0 Å². The Morgan fingerprint density at radius 1 is 1.17 bits per heavy atom. The molecule has 0 aromatic heterocycles. The van der Waals surface area contributed by atoms with Gasteiger partial charge in [0.05, 0.1) is 5.69 Å². The first-order chi connectivity index (χ1) is 11.4. The number of halogens is 3. The van der Waals surface area contributed by atoms with Gasteiger partial charge < -0.3 is 10.6 Å². The molecule has 128 valence electrons. The summed E-state index contributed by atoms with van der Waals surface area (Å²) in [6.45, 7) is 4.17. The maximum atomic E-state index is 13.6. The van der Waals surface area contributed by atoms with Crippen molar-refractivity contribution in [2.24, 2.45) is 5.92 Å². The number of nitrogens with one attached hydrogen (secondary N) is 1. The van der Waals surface area contributed by atoms with Crippen molar-refractivity contribution in [2.75, 3.05) is 11.9 Å². The van der Waals surface area contributed by atoms with Crippen LogP contribution in [-0.4, -0.2) is 12.5 Å². The Labute approximate surface area is 145 Å². The van der Waals surface area contributed by atoms with E-state index in [1.807, 2.05) is 19.2 Å². The number of hydrogen-bond donors (Lipinski definition) is 2. The van der Waals surface area contributed by atoms with Gasteiger partial charge in [0.25, 0.3) is 5.91 Å². The number of benzene rings is 2. The number of quaternary nitrogens is 1. The smallest absolute Gasteiger partial charge is 0.279 e. The van der Waals surface area contributed by atoms with Crippen molar-refractivity contribution < 1.29 is 18.9 Å². The third-order valence-corrected chi connectivity index (χ3v) is 3.97. The van der Waals surface area contributed by atoms with Crippen LogP contribution in [0.3, 0.4) is 0 Å². The van der Waals surface area contributed by atoms with Crippen molar-refractivity contribution >= 4 is 23.2 Å². The molecule has 1 amide bonds. The summed E-state index contributed by atoms with van der Waals surface area (Å²) in [6, 6.07) is 10.2. The molecule has 0 spiro atoms. The van der Waals surface area contributed by atoms with Gasteiger partial charge in [0.2, 0.25) is 0 Å². The lowest BCUT2D eigenvalue weighted by Crippen LogP contribution is -2.88. The number of nitrogens with two attached hydrogens (primary N) is 1. The summed E-state index contributed by atoms with van der Waals surface area (Å²) in [6.07, 6.45) is 0. The number of hydrogen-bond acceptors (Lipinski definition) is 1. The van der Waals surface area contributed by atoms with Gasteiger partial charge in [-0.25, -0.2) is 8.78 Å². The molecule has 0 aliphatic heterocycles. The van der Waals surface area contributed by atoms with Crippen LogP contribution in [0, 0.1) is 17.6 Å². The van der Waals surface area contributed by atoms with Gasteiger partial charge in [0.15, 0.2) is 6.54 Å². The van der Waals surface area contributed by atoms with E-state index in [0.29, 0.717) is 5.02 Å². The van der Waals surface area contributed by atoms with E-state index >= 15 is 0 Å². The van der Waals surface area contributed by atoms with Crippen molar-refractivity contribution in [3.05, 3.63) is 64.7 Å². The minimum absolute atomic E-state index is 0.000517. The molecule has 0 bridgehead atoms. The van der Waals surface area contributed by atoms with Crippen molar-refractivity contribution in [3.8, 4) is 0 Å². The van der Waals surface area contributed by atoms with E-state index < -0.39 is 5.82 Å². The summed E-state index contributed by atoms with van der Waals surface area (Å²) in [4.78, 5) is 12.1. The van der Waals surface area contributed by atoms with Gasteiger partial charge in [-0.3, -0.25) is 4.79 Å². The van der Waals surface area contributed by atoms with E-state index in [1.165, 1.54) is 30.3 Å². The number of carbonyl (C=O) groups is 1. The molecule has 1 atom stereocenters. The monoisotopic (exact) mass is 353 g/mol. The molecule has 0 saturated heterocycles. The van der Waals surface area contributed by atoms with E-state index in [-0.39, 0.29) is 35.9 Å². The highest BCUT2D eigenvalue weighted by atomic mass is 35.5. The normalized spacial score (nSPS) is 12.2. The Balaban J connectivity index is 2.00. The van der Waals surface area contributed by atoms with Gasteiger partial charge in [0.1, 0.15) is 17.7 Å². The molecule has 0 radical (unpaired) electrons. The van der Waals surface area contributed by atoms with Gasteiger partial charge in [0, 0.05) is 16.5 Å². The van der Waals surface area contributed by atoms with E-state index in [2.05, 4.69) is 5.32 Å². The standard InChI is InChI=1S/C18H19ClF2N2O/c1-11(2)18(12-3-6-14(20)7-4-12)22-10-17(24)23-16-9-13(19)5-8-15(16)21/h3-9,11,18,22H,10H2,1-2H3,(H,23,24)/p+1/t18-/m1/s1. The second-order valence-corrected chi connectivity index (χ2v) is 6.37. The van der Waals surface area contributed by atoms with Crippen molar-refractivity contribution in [2.45, 2.75) is 19.9 Å². The Morgan fingerprint density at radius 3 is 2.46 bits per heavy atom. The Morgan fingerprint density at radius 2 is 1.83 bits per heavy atom. The summed E-state index contributed by atoms with van der Waals surface area (Å²) >= 11 is 5.81. The summed E-state index contributed by atoms with van der Waals surface area (Å²) in [5, 5.41) is 4.72. The lowest BCUT2D eigenvalue weighted by atomic mass is 9.96. The third kappa shape index (κ3) is 5.01. The van der Waals surface area contributed by atoms with Crippen LogP contribution < -0.4 is 10.6 Å². The molecule has 3 nitrogen and oxygen atoms in total. The minimum atomic E-state index is -0.535. The first-order valence-electron chi connectivity index (χ1n) is 7.70. The second-order valence-electron chi connectivity index (χ2n) is 5.93. The third-order valence-electron chi connectivity index (χ3n) is 3.73. The van der Waals surface area contributed by atoms with Gasteiger partial charge in [-0.05, 0) is 30.3 Å². The molecule has 2 rings (SSSR count). The molecule has 0 saturated carbocycles. The quantitative estimate of drug-likeness (QED) is 0.820. The van der Waals surface area contributed by atoms with Crippen LogP contribution in [0.5, 0.6) is 0 Å². The highest BCUT2D eigenvalue weighted by Gasteiger charge is 2.21. The molecule has 0 aliphatic carbocycles. The maximum Gasteiger partial charge on any atom is 0.279 e. The van der Waals surface area contributed by atoms with Crippen molar-refractivity contribution in [3.63, 3.8) is 0 Å². The molecule has 2 aromatic carbocycles. The fraction of sp³-hybridized carbons (Fsp3) is 0.278. The van der Waals surface area contributed by atoms with E-state index in [4.69, 9.17) is 11.6 Å².